The topological polar surface area (TPSA) is 35.5 Å². The first kappa shape index (κ1) is 22.6. The molecule has 0 bridgehead atoms. The van der Waals surface area contributed by atoms with E-state index in [1.165, 1.54) is 51.4 Å². The molecule has 4 aliphatic rings. The summed E-state index contributed by atoms with van der Waals surface area (Å²) in [5, 5.41) is 0. The van der Waals surface area contributed by atoms with Crippen LogP contribution in [0.25, 0.3) is 0 Å². The van der Waals surface area contributed by atoms with E-state index in [1.54, 1.807) is 6.92 Å². The highest BCUT2D eigenvalue weighted by Crippen LogP contribution is 2.74. The molecular formula is C27H46O3. The van der Waals surface area contributed by atoms with Crippen molar-refractivity contribution in [1.82, 2.24) is 0 Å². The van der Waals surface area contributed by atoms with Gasteiger partial charge in [0.2, 0.25) is 0 Å². The zero-order chi connectivity index (χ0) is 22.1. The highest BCUT2D eigenvalue weighted by Gasteiger charge is 2.68. The maximum atomic E-state index is 11.9. The summed E-state index contributed by atoms with van der Waals surface area (Å²) in [5.41, 5.74) is 1.22. The van der Waals surface area contributed by atoms with Gasteiger partial charge in [0.1, 0.15) is 6.10 Å². The Balaban J connectivity index is 1.70. The lowest BCUT2D eigenvalue weighted by Gasteiger charge is -2.72. The van der Waals surface area contributed by atoms with E-state index in [0.717, 1.165) is 11.8 Å². The highest BCUT2D eigenvalue weighted by molar-refractivity contribution is 5.66. The Hall–Kier alpha value is -0.570. The SMILES string of the molecule is CO[C@H]1CC[C@]2(C)[C@H]3CC[C@@H]4[C@H](OC(C)=O)[C@H](C)CC[C@@]4(C)[C@]3(C)CC[C@H]2C1(C)C. The number of ether oxygens (including phenoxy) is 2. The molecule has 3 heteroatoms. The van der Waals surface area contributed by atoms with Crippen LogP contribution in [0, 0.1) is 45.3 Å². The van der Waals surface area contributed by atoms with Crippen molar-refractivity contribution in [1.29, 1.82) is 0 Å². The molecule has 4 aliphatic carbocycles. The third-order valence-electron chi connectivity index (χ3n) is 11.5. The third kappa shape index (κ3) is 2.89. The summed E-state index contributed by atoms with van der Waals surface area (Å²) in [7, 11) is 1.91. The lowest BCUT2D eigenvalue weighted by Crippen LogP contribution is -2.66. The predicted octanol–water partition coefficient (Wildman–Crippen LogP) is 6.64. The van der Waals surface area contributed by atoms with Gasteiger partial charge in [0, 0.05) is 20.0 Å². The maximum Gasteiger partial charge on any atom is 0.302 e. The van der Waals surface area contributed by atoms with E-state index in [0.29, 0.717) is 28.8 Å². The van der Waals surface area contributed by atoms with Crippen LogP contribution in [0.1, 0.15) is 99.8 Å². The molecule has 4 saturated carbocycles. The minimum atomic E-state index is -0.0984. The third-order valence-corrected chi connectivity index (χ3v) is 11.5. The monoisotopic (exact) mass is 418 g/mol. The van der Waals surface area contributed by atoms with Gasteiger partial charge in [-0.25, -0.2) is 0 Å². The number of hydrogen-bond acceptors (Lipinski definition) is 3. The van der Waals surface area contributed by atoms with Gasteiger partial charge in [-0.2, -0.15) is 0 Å². The molecule has 0 aromatic heterocycles. The molecule has 0 spiro atoms. The summed E-state index contributed by atoms with van der Waals surface area (Å²) >= 11 is 0. The molecule has 0 amide bonds. The van der Waals surface area contributed by atoms with Crippen molar-refractivity contribution < 1.29 is 14.3 Å². The van der Waals surface area contributed by atoms with Gasteiger partial charge in [0.15, 0.2) is 0 Å². The number of carbonyl (C=O) groups is 1. The molecule has 0 aliphatic heterocycles. The number of hydrogen-bond donors (Lipinski definition) is 0. The zero-order valence-corrected chi connectivity index (χ0v) is 20.8. The normalized spacial score (nSPS) is 52.5. The molecule has 4 fully saturated rings. The second-order valence-corrected chi connectivity index (χ2v) is 12.8. The Kier molecular flexibility index (Phi) is 5.44. The summed E-state index contributed by atoms with van der Waals surface area (Å²) in [6.07, 6.45) is 10.6. The van der Waals surface area contributed by atoms with Crippen molar-refractivity contribution in [2.24, 2.45) is 45.3 Å². The summed E-state index contributed by atoms with van der Waals surface area (Å²) in [6.45, 7) is 16.7. The van der Waals surface area contributed by atoms with Crippen molar-refractivity contribution >= 4 is 5.97 Å². The van der Waals surface area contributed by atoms with Crippen LogP contribution in [-0.4, -0.2) is 25.3 Å². The molecule has 172 valence electrons. The Bertz CT molecular complexity index is 686. The summed E-state index contributed by atoms with van der Waals surface area (Å²) in [6, 6.07) is 0. The van der Waals surface area contributed by atoms with Crippen LogP contribution < -0.4 is 0 Å². The number of esters is 1. The van der Waals surface area contributed by atoms with Gasteiger partial charge in [-0.05, 0) is 90.8 Å². The van der Waals surface area contributed by atoms with Gasteiger partial charge in [-0.3, -0.25) is 4.79 Å². The number of rotatable bonds is 2. The van der Waals surface area contributed by atoms with Gasteiger partial charge in [0.25, 0.3) is 0 Å². The first-order valence-electron chi connectivity index (χ1n) is 12.6. The van der Waals surface area contributed by atoms with Crippen LogP contribution >= 0.6 is 0 Å². The van der Waals surface area contributed by atoms with Crippen molar-refractivity contribution in [3.8, 4) is 0 Å². The van der Waals surface area contributed by atoms with Crippen LogP contribution in [-0.2, 0) is 14.3 Å². The smallest absolute Gasteiger partial charge is 0.302 e. The van der Waals surface area contributed by atoms with Gasteiger partial charge < -0.3 is 9.47 Å². The fourth-order valence-corrected chi connectivity index (χ4v) is 9.85. The summed E-state index contributed by atoms with van der Waals surface area (Å²) in [5.74, 6) is 2.38. The van der Waals surface area contributed by atoms with E-state index in [9.17, 15) is 4.79 Å². The lowest BCUT2D eigenvalue weighted by molar-refractivity contribution is -0.251. The molecule has 3 nitrogen and oxygen atoms in total. The van der Waals surface area contributed by atoms with Crippen LogP contribution in [0.15, 0.2) is 0 Å². The van der Waals surface area contributed by atoms with E-state index in [2.05, 4.69) is 41.5 Å². The number of fused-ring (bicyclic) bond motifs is 5. The van der Waals surface area contributed by atoms with Gasteiger partial charge in [0.05, 0.1) is 6.10 Å². The maximum absolute atomic E-state index is 11.9. The Morgan fingerprint density at radius 2 is 1.50 bits per heavy atom. The van der Waals surface area contributed by atoms with Crippen LogP contribution in [0.2, 0.25) is 0 Å². The standard InChI is InChI=1S/C27H46O3/c1-17-11-15-26(6)19(23(17)30-18(2)28)9-10-21-25(5)14-13-22(29-8)24(3,4)20(25)12-16-27(21,26)7/h17,19-23H,9-16H2,1-8H3/t17-,19-,20+,21-,22+,23-,25+,26-,27-/m1/s1. The van der Waals surface area contributed by atoms with E-state index in [-0.39, 0.29) is 22.9 Å². The highest BCUT2D eigenvalue weighted by atomic mass is 16.5. The summed E-state index contributed by atoms with van der Waals surface area (Å²) < 4.78 is 12.0. The second kappa shape index (κ2) is 7.22. The van der Waals surface area contributed by atoms with Crippen molar-refractivity contribution in [2.45, 2.75) is 112 Å². The molecule has 0 aromatic carbocycles. The average Bonchev–Trinajstić information content (AvgIpc) is 2.65. The quantitative estimate of drug-likeness (QED) is 0.472. The molecule has 4 rings (SSSR count). The molecule has 9 atom stereocenters. The first-order valence-corrected chi connectivity index (χ1v) is 12.6. The van der Waals surface area contributed by atoms with E-state index >= 15 is 0 Å². The van der Waals surface area contributed by atoms with E-state index in [4.69, 9.17) is 9.47 Å². The molecule has 0 N–H and O–H groups in total. The molecular weight excluding hydrogens is 372 g/mol. The molecule has 0 radical (unpaired) electrons. The zero-order valence-electron chi connectivity index (χ0n) is 20.8. The van der Waals surface area contributed by atoms with Crippen LogP contribution in [0.3, 0.4) is 0 Å². The van der Waals surface area contributed by atoms with Gasteiger partial charge in [-0.15, -0.1) is 0 Å². The predicted molar refractivity (Wildman–Crippen MR) is 121 cm³/mol. The molecule has 0 saturated heterocycles. The molecule has 0 unspecified atom stereocenters. The fourth-order valence-electron chi connectivity index (χ4n) is 9.85. The van der Waals surface area contributed by atoms with Crippen LogP contribution in [0.4, 0.5) is 0 Å². The second-order valence-electron chi connectivity index (χ2n) is 12.8. The lowest BCUT2D eigenvalue weighted by atomic mass is 9.33. The van der Waals surface area contributed by atoms with Crippen molar-refractivity contribution in [2.75, 3.05) is 7.11 Å². The van der Waals surface area contributed by atoms with Crippen LogP contribution in [0.5, 0.6) is 0 Å². The van der Waals surface area contributed by atoms with E-state index < -0.39 is 0 Å². The number of methoxy groups -OCH3 is 1. The Morgan fingerprint density at radius 3 is 2.13 bits per heavy atom. The largest absolute Gasteiger partial charge is 0.462 e. The Morgan fingerprint density at radius 1 is 0.833 bits per heavy atom. The van der Waals surface area contributed by atoms with Gasteiger partial charge in [-0.1, -0.05) is 41.5 Å². The minimum absolute atomic E-state index is 0.0984. The van der Waals surface area contributed by atoms with Gasteiger partial charge >= 0.3 is 5.97 Å². The Labute approximate surface area is 185 Å². The summed E-state index contributed by atoms with van der Waals surface area (Å²) in [4.78, 5) is 11.9. The average molecular weight is 419 g/mol. The first-order chi connectivity index (χ1) is 13.9. The molecule has 30 heavy (non-hydrogen) atoms. The minimum Gasteiger partial charge on any atom is -0.462 e. The van der Waals surface area contributed by atoms with E-state index in [1.807, 2.05) is 7.11 Å². The van der Waals surface area contributed by atoms with Crippen molar-refractivity contribution in [3.05, 3.63) is 0 Å². The fraction of sp³-hybridized carbons (Fsp3) is 0.963. The molecule has 0 heterocycles. The molecule has 0 aromatic rings. The number of carbonyl (C=O) groups excluding carboxylic acids is 1. The van der Waals surface area contributed by atoms with Crippen molar-refractivity contribution in [3.63, 3.8) is 0 Å².